The van der Waals surface area contributed by atoms with E-state index in [0.717, 1.165) is 51.7 Å². The Kier molecular flexibility index (Phi) is 9.82. The summed E-state index contributed by atoms with van der Waals surface area (Å²) in [6.45, 7) is 1.58. The van der Waals surface area contributed by atoms with E-state index in [1.807, 2.05) is 0 Å². The second kappa shape index (κ2) is 11.5. The quantitative estimate of drug-likeness (QED) is 0.596. The summed E-state index contributed by atoms with van der Waals surface area (Å²) < 4.78 is 5.51. The van der Waals surface area contributed by atoms with Crippen molar-refractivity contribution in [2.75, 3.05) is 13.2 Å². The van der Waals surface area contributed by atoms with E-state index in [2.05, 4.69) is 12.2 Å². The Hall–Kier alpha value is -0.630. The molecule has 0 atom stereocenters. The van der Waals surface area contributed by atoms with Gasteiger partial charge in [0, 0.05) is 19.4 Å². The fourth-order valence-electron chi connectivity index (χ4n) is 2.28. The van der Waals surface area contributed by atoms with Gasteiger partial charge in [-0.05, 0) is 32.1 Å². The van der Waals surface area contributed by atoms with E-state index < -0.39 is 0 Å². The highest BCUT2D eigenvalue weighted by Crippen LogP contribution is 2.10. The fraction of sp³-hybridized carbons (Fsp3) is 0.812. The van der Waals surface area contributed by atoms with E-state index in [4.69, 9.17) is 4.74 Å². The van der Waals surface area contributed by atoms with Crippen LogP contribution in [0, 0.1) is 0 Å². The number of ketones is 1. The topological polar surface area (TPSA) is 26.3 Å². The SMILES string of the molecule is O=C1CCCCCCC/C=C/COCCCCC1. The van der Waals surface area contributed by atoms with E-state index in [0.29, 0.717) is 5.78 Å². The van der Waals surface area contributed by atoms with Gasteiger partial charge in [0.05, 0.1) is 6.61 Å². The zero-order chi connectivity index (χ0) is 12.9. The summed E-state index contributed by atoms with van der Waals surface area (Å²) in [7, 11) is 0. The second-order valence-corrected chi connectivity index (χ2v) is 5.20. The Morgan fingerprint density at radius 2 is 1.44 bits per heavy atom. The number of hydrogen-bond acceptors (Lipinski definition) is 2. The maximum absolute atomic E-state index is 11.6. The first-order valence-corrected chi connectivity index (χ1v) is 7.64. The van der Waals surface area contributed by atoms with Crippen LogP contribution in [0.1, 0.15) is 70.6 Å². The van der Waals surface area contributed by atoms with Crippen molar-refractivity contribution in [3.63, 3.8) is 0 Å². The van der Waals surface area contributed by atoms with Gasteiger partial charge in [-0.25, -0.2) is 0 Å². The van der Waals surface area contributed by atoms with Gasteiger partial charge >= 0.3 is 0 Å². The molecule has 0 aliphatic carbocycles. The summed E-state index contributed by atoms with van der Waals surface area (Å²) in [5.74, 6) is 0.460. The van der Waals surface area contributed by atoms with Gasteiger partial charge in [0.2, 0.25) is 0 Å². The molecule has 0 N–H and O–H groups in total. The molecule has 2 heteroatoms. The minimum Gasteiger partial charge on any atom is -0.377 e. The lowest BCUT2D eigenvalue weighted by atomic mass is 10.0. The number of rotatable bonds is 0. The van der Waals surface area contributed by atoms with Crippen LogP contribution in [0.5, 0.6) is 0 Å². The summed E-state index contributed by atoms with van der Waals surface area (Å²) in [5, 5.41) is 0. The van der Waals surface area contributed by atoms with Crippen molar-refractivity contribution in [3.8, 4) is 0 Å². The van der Waals surface area contributed by atoms with Gasteiger partial charge in [0.25, 0.3) is 0 Å². The summed E-state index contributed by atoms with van der Waals surface area (Å²) in [4.78, 5) is 11.6. The summed E-state index contributed by atoms with van der Waals surface area (Å²) in [6, 6.07) is 0. The molecule has 0 amide bonds. The van der Waals surface area contributed by atoms with Crippen LogP contribution in [0.3, 0.4) is 0 Å². The number of carbonyl (C=O) groups excluding carboxylic acids is 1. The van der Waals surface area contributed by atoms with Gasteiger partial charge in [-0.3, -0.25) is 4.79 Å². The maximum Gasteiger partial charge on any atom is 0.132 e. The monoisotopic (exact) mass is 252 g/mol. The van der Waals surface area contributed by atoms with Crippen LogP contribution in [0.15, 0.2) is 12.2 Å². The minimum absolute atomic E-state index is 0.460. The van der Waals surface area contributed by atoms with Gasteiger partial charge in [0.15, 0.2) is 0 Å². The average Bonchev–Trinajstić information content (AvgIpc) is 2.37. The number of Topliss-reactive ketones (excluding diaryl/α,β-unsaturated/α-hetero) is 1. The molecule has 0 radical (unpaired) electrons. The Labute approximate surface area is 112 Å². The number of ether oxygens (including phenoxy) is 1. The highest BCUT2D eigenvalue weighted by Gasteiger charge is 2.02. The van der Waals surface area contributed by atoms with Crippen molar-refractivity contribution in [2.45, 2.75) is 70.6 Å². The van der Waals surface area contributed by atoms with Crippen LogP contribution in [0.4, 0.5) is 0 Å². The van der Waals surface area contributed by atoms with E-state index in [1.54, 1.807) is 0 Å². The normalized spacial score (nSPS) is 24.3. The van der Waals surface area contributed by atoms with Crippen LogP contribution in [-0.4, -0.2) is 19.0 Å². The van der Waals surface area contributed by atoms with Crippen molar-refractivity contribution >= 4 is 5.78 Å². The first kappa shape index (κ1) is 15.4. The first-order valence-electron chi connectivity index (χ1n) is 7.64. The van der Waals surface area contributed by atoms with Crippen LogP contribution in [0.25, 0.3) is 0 Å². The molecule has 0 bridgehead atoms. The molecular formula is C16H28O2. The molecule has 0 unspecified atom stereocenters. The largest absolute Gasteiger partial charge is 0.377 e. The summed E-state index contributed by atoms with van der Waals surface area (Å²) >= 11 is 0. The van der Waals surface area contributed by atoms with E-state index in [-0.39, 0.29) is 0 Å². The third-order valence-corrected chi connectivity index (χ3v) is 3.45. The number of hydrogen-bond donors (Lipinski definition) is 0. The molecule has 0 saturated heterocycles. The van der Waals surface area contributed by atoms with E-state index in [9.17, 15) is 4.79 Å². The molecular weight excluding hydrogens is 224 g/mol. The van der Waals surface area contributed by atoms with Crippen LogP contribution in [-0.2, 0) is 9.53 Å². The molecule has 0 aromatic heterocycles. The minimum atomic E-state index is 0.460. The molecule has 0 aromatic rings. The predicted octanol–water partition coefficient (Wildman–Crippen LogP) is 4.43. The van der Waals surface area contributed by atoms with E-state index >= 15 is 0 Å². The highest BCUT2D eigenvalue weighted by atomic mass is 16.5. The van der Waals surface area contributed by atoms with Crippen molar-refractivity contribution < 1.29 is 9.53 Å². The highest BCUT2D eigenvalue weighted by molar-refractivity contribution is 5.78. The Morgan fingerprint density at radius 3 is 2.28 bits per heavy atom. The molecule has 1 rings (SSSR count). The lowest BCUT2D eigenvalue weighted by molar-refractivity contribution is -0.119. The molecule has 1 aliphatic heterocycles. The Balaban J connectivity index is 2.17. The van der Waals surface area contributed by atoms with Crippen molar-refractivity contribution in [1.29, 1.82) is 0 Å². The summed E-state index contributed by atoms with van der Waals surface area (Å²) in [5.41, 5.74) is 0. The molecule has 1 heterocycles. The fourth-order valence-corrected chi connectivity index (χ4v) is 2.28. The average molecular weight is 252 g/mol. The molecule has 0 fully saturated rings. The zero-order valence-electron chi connectivity index (χ0n) is 11.7. The first-order chi connectivity index (χ1) is 8.89. The standard InChI is InChI=1S/C16H28O2/c17-16-12-8-5-3-1-2-4-6-10-14-18-15-11-7-9-13-16/h6,10H,1-5,7-9,11-15H2/b10-6+. The third-order valence-electron chi connectivity index (χ3n) is 3.45. The molecule has 18 heavy (non-hydrogen) atoms. The van der Waals surface area contributed by atoms with E-state index in [1.165, 1.54) is 32.1 Å². The van der Waals surface area contributed by atoms with Crippen LogP contribution < -0.4 is 0 Å². The Morgan fingerprint density at radius 1 is 0.778 bits per heavy atom. The maximum atomic E-state index is 11.6. The van der Waals surface area contributed by atoms with Crippen molar-refractivity contribution in [1.82, 2.24) is 0 Å². The lowest BCUT2D eigenvalue weighted by Gasteiger charge is -2.02. The van der Waals surface area contributed by atoms with Gasteiger partial charge in [-0.1, -0.05) is 37.8 Å². The third kappa shape index (κ3) is 9.41. The van der Waals surface area contributed by atoms with Gasteiger partial charge in [-0.2, -0.15) is 0 Å². The molecule has 0 spiro atoms. The van der Waals surface area contributed by atoms with Crippen LogP contribution in [0.2, 0.25) is 0 Å². The zero-order valence-corrected chi connectivity index (χ0v) is 11.7. The van der Waals surface area contributed by atoms with Crippen LogP contribution >= 0.6 is 0 Å². The predicted molar refractivity (Wildman–Crippen MR) is 75.8 cm³/mol. The van der Waals surface area contributed by atoms with Gasteiger partial charge < -0.3 is 4.74 Å². The molecule has 104 valence electrons. The van der Waals surface area contributed by atoms with Crippen molar-refractivity contribution in [2.24, 2.45) is 0 Å². The van der Waals surface area contributed by atoms with Gasteiger partial charge in [0.1, 0.15) is 5.78 Å². The lowest BCUT2D eigenvalue weighted by Crippen LogP contribution is -1.99. The smallest absolute Gasteiger partial charge is 0.132 e. The number of carbonyl (C=O) groups is 1. The van der Waals surface area contributed by atoms with Crippen molar-refractivity contribution in [3.05, 3.63) is 12.2 Å². The molecule has 0 aromatic carbocycles. The summed E-state index contributed by atoms with van der Waals surface area (Å²) in [6.07, 6.45) is 16.5. The second-order valence-electron chi connectivity index (χ2n) is 5.20. The number of allylic oxidation sites excluding steroid dienone is 1. The molecule has 1 aliphatic rings. The molecule has 2 nitrogen and oxygen atoms in total. The Bertz CT molecular complexity index is 211. The molecule has 0 saturated carbocycles. The van der Waals surface area contributed by atoms with Gasteiger partial charge in [-0.15, -0.1) is 0 Å².